The lowest BCUT2D eigenvalue weighted by Gasteiger charge is -2.21. The maximum absolute atomic E-state index is 12.6. The van der Waals surface area contributed by atoms with Gasteiger partial charge in [-0.05, 0) is 32.1 Å². The van der Waals surface area contributed by atoms with E-state index in [-0.39, 0.29) is 32.0 Å². The number of hydrogen-bond acceptors (Lipinski definition) is 1. The molecule has 0 amide bonds. The lowest BCUT2D eigenvalue weighted by atomic mass is 10.0. The standard InChI is InChI=1S/C12H21F3O/c1-3-5-10(4-2)16-9-8-11(6-7-11)12(13,14)15/h10H,3-9H2,1-2H3. The smallest absolute Gasteiger partial charge is 0.378 e. The highest BCUT2D eigenvalue weighted by molar-refractivity contribution is 4.98. The minimum absolute atomic E-state index is 0.133. The molecule has 0 aliphatic heterocycles. The fraction of sp³-hybridized carbons (Fsp3) is 1.00. The van der Waals surface area contributed by atoms with Crippen molar-refractivity contribution in [2.24, 2.45) is 5.41 Å². The van der Waals surface area contributed by atoms with E-state index in [9.17, 15) is 13.2 Å². The van der Waals surface area contributed by atoms with Gasteiger partial charge in [0.1, 0.15) is 0 Å². The van der Waals surface area contributed by atoms with Crippen LogP contribution in [0.15, 0.2) is 0 Å². The van der Waals surface area contributed by atoms with Gasteiger partial charge in [-0.3, -0.25) is 0 Å². The van der Waals surface area contributed by atoms with Crippen LogP contribution in [0.1, 0.15) is 52.4 Å². The highest BCUT2D eigenvalue weighted by atomic mass is 19.4. The zero-order chi connectivity index (χ0) is 12.2. The Morgan fingerprint density at radius 1 is 1.25 bits per heavy atom. The van der Waals surface area contributed by atoms with Gasteiger partial charge in [-0.15, -0.1) is 0 Å². The van der Waals surface area contributed by atoms with E-state index in [4.69, 9.17) is 4.74 Å². The third-order valence-electron chi connectivity index (χ3n) is 3.46. The number of rotatable bonds is 7. The molecule has 0 aromatic heterocycles. The van der Waals surface area contributed by atoms with Crippen molar-refractivity contribution in [3.63, 3.8) is 0 Å². The van der Waals surface area contributed by atoms with E-state index in [1.54, 1.807) is 0 Å². The van der Waals surface area contributed by atoms with Gasteiger partial charge in [-0.1, -0.05) is 20.3 Å². The van der Waals surface area contributed by atoms with Crippen molar-refractivity contribution in [3.05, 3.63) is 0 Å². The average Bonchev–Trinajstić information content (AvgIpc) is 2.96. The predicted molar refractivity (Wildman–Crippen MR) is 57.3 cm³/mol. The molecule has 4 heteroatoms. The van der Waals surface area contributed by atoms with Crippen molar-refractivity contribution in [1.82, 2.24) is 0 Å². The second-order valence-electron chi connectivity index (χ2n) is 4.72. The molecule has 0 heterocycles. The predicted octanol–water partition coefficient (Wildman–Crippen LogP) is 4.31. The van der Waals surface area contributed by atoms with Crippen molar-refractivity contribution in [3.8, 4) is 0 Å². The third-order valence-corrected chi connectivity index (χ3v) is 3.46. The van der Waals surface area contributed by atoms with Crippen LogP contribution in [-0.2, 0) is 4.74 Å². The molecule has 0 spiro atoms. The molecule has 0 aromatic carbocycles. The summed E-state index contributed by atoms with van der Waals surface area (Å²) in [6.07, 6.45) is -0.367. The van der Waals surface area contributed by atoms with Crippen LogP contribution in [0.5, 0.6) is 0 Å². The van der Waals surface area contributed by atoms with Gasteiger partial charge in [0.15, 0.2) is 0 Å². The third kappa shape index (κ3) is 3.37. The van der Waals surface area contributed by atoms with Gasteiger partial charge in [0, 0.05) is 6.61 Å². The zero-order valence-electron chi connectivity index (χ0n) is 10.1. The van der Waals surface area contributed by atoms with Crippen LogP contribution in [0.4, 0.5) is 13.2 Å². The Hall–Kier alpha value is -0.250. The number of alkyl halides is 3. The first-order valence-electron chi connectivity index (χ1n) is 6.13. The Morgan fingerprint density at radius 3 is 2.25 bits per heavy atom. The van der Waals surface area contributed by atoms with Crippen LogP contribution in [0.2, 0.25) is 0 Å². The van der Waals surface area contributed by atoms with E-state index in [1.165, 1.54) is 0 Å². The second-order valence-corrected chi connectivity index (χ2v) is 4.72. The molecule has 16 heavy (non-hydrogen) atoms. The van der Waals surface area contributed by atoms with Gasteiger partial charge in [0.05, 0.1) is 11.5 Å². The highest BCUT2D eigenvalue weighted by Crippen LogP contribution is 2.59. The summed E-state index contributed by atoms with van der Waals surface area (Å²) < 4.78 is 43.3. The van der Waals surface area contributed by atoms with E-state index < -0.39 is 11.6 Å². The van der Waals surface area contributed by atoms with Crippen molar-refractivity contribution in [2.45, 2.75) is 64.7 Å². The first kappa shape index (κ1) is 13.8. The first-order chi connectivity index (χ1) is 7.45. The largest absolute Gasteiger partial charge is 0.394 e. The summed E-state index contributed by atoms with van der Waals surface area (Å²) in [6.45, 7) is 4.32. The first-order valence-corrected chi connectivity index (χ1v) is 6.13. The molecule has 1 atom stereocenters. The van der Waals surface area contributed by atoms with Gasteiger partial charge in [0.25, 0.3) is 0 Å². The molecule has 0 aromatic rings. The molecule has 0 N–H and O–H groups in total. The zero-order valence-corrected chi connectivity index (χ0v) is 10.1. The molecular weight excluding hydrogens is 217 g/mol. The summed E-state index contributed by atoms with van der Waals surface area (Å²) in [6, 6.07) is 0. The molecule has 0 bridgehead atoms. The maximum Gasteiger partial charge on any atom is 0.394 e. The van der Waals surface area contributed by atoms with E-state index in [0.717, 1.165) is 19.3 Å². The summed E-state index contributed by atoms with van der Waals surface area (Å²) in [7, 11) is 0. The van der Waals surface area contributed by atoms with Crippen LogP contribution in [-0.4, -0.2) is 18.9 Å². The molecule has 0 saturated heterocycles. The van der Waals surface area contributed by atoms with Gasteiger partial charge < -0.3 is 4.74 Å². The Labute approximate surface area is 95.4 Å². The highest BCUT2D eigenvalue weighted by Gasteiger charge is 2.62. The van der Waals surface area contributed by atoms with Gasteiger partial charge >= 0.3 is 6.18 Å². The van der Waals surface area contributed by atoms with Crippen LogP contribution in [0.3, 0.4) is 0 Å². The van der Waals surface area contributed by atoms with Crippen molar-refractivity contribution in [1.29, 1.82) is 0 Å². The molecule has 1 aliphatic carbocycles. The minimum atomic E-state index is -4.04. The minimum Gasteiger partial charge on any atom is -0.378 e. The SMILES string of the molecule is CCCC(CC)OCCC1(C(F)(F)F)CC1. The molecule has 1 nitrogen and oxygen atoms in total. The van der Waals surface area contributed by atoms with Crippen LogP contribution >= 0.6 is 0 Å². The normalized spacial score (nSPS) is 20.8. The molecule has 1 saturated carbocycles. The van der Waals surface area contributed by atoms with Crippen molar-refractivity contribution in [2.75, 3.05) is 6.61 Å². The Morgan fingerprint density at radius 2 is 1.88 bits per heavy atom. The summed E-state index contributed by atoms with van der Waals surface area (Å²) >= 11 is 0. The van der Waals surface area contributed by atoms with Crippen LogP contribution in [0, 0.1) is 5.41 Å². The molecule has 1 unspecified atom stereocenters. The van der Waals surface area contributed by atoms with Gasteiger partial charge in [-0.25, -0.2) is 0 Å². The molecular formula is C12H21F3O. The fourth-order valence-corrected chi connectivity index (χ4v) is 1.97. The van der Waals surface area contributed by atoms with Crippen molar-refractivity contribution >= 4 is 0 Å². The van der Waals surface area contributed by atoms with Crippen LogP contribution < -0.4 is 0 Å². The van der Waals surface area contributed by atoms with E-state index in [2.05, 4.69) is 6.92 Å². The average molecular weight is 238 g/mol. The van der Waals surface area contributed by atoms with Crippen molar-refractivity contribution < 1.29 is 17.9 Å². The maximum atomic E-state index is 12.6. The second kappa shape index (κ2) is 5.39. The lowest BCUT2D eigenvalue weighted by Crippen LogP contribution is -2.26. The lowest BCUT2D eigenvalue weighted by molar-refractivity contribution is -0.193. The molecule has 0 radical (unpaired) electrons. The van der Waals surface area contributed by atoms with E-state index in [0.29, 0.717) is 0 Å². The topological polar surface area (TPSA) is 9.23 Å². The summed E-state index contributed by atoms with van der Waals surface area (Å²) in [5.74, 6) is 0. The number of hydrogen-bond donors (Lipinski definition) is 0. The van der Waals surface area contributed by atoms with E-state index >= 15 is 0 Å². The molecule has 96 valence electrons. The van der Waals surface area contributed by atoms with Gasteiger partial charge in [-0.2, -0.15) is 13.2 Å². The van der Waals surface area contributed by atoms with E-state index in [1.807, 2.05) is 6.92 Å². The Kier molecular flexibility index (Phi) is 4.65. The molecule has 1 aliphatic rings. The molecule has 1 fully saturated rings. The quantitative estimate of drug-likeness (QED) is 0.642. The summed E-state index contributed by atoms with van der Waals surface area (Å²) in [5.41, 5.74) is -1.41. The monoisotopic (exact) mass is 238 g/mol. The molecule has 1 rings (SSSR count). The summed E-state index contributed by atoms with van der Waals surface area (Å²) in [5, 5.41) is 0. The fourth-order valence-electron chi connectivity index (χ4n) is 1.97. The Bertz CT molecular complexity index is 209. The summed E-state index contributed by atoms with van der Waals surface area (Å²) in [4.78, 5) is 0. The number of halogens is 3. The Balaban J connectivity index is 2.25. The van der Waals surface area contributed by atoms with Gasteiger partial charge in [0.2, 0.25) is 0 Å². The number of ether oxygens (including phenoxy) is 1. The van der Waals surface area contributed by atoms with Crippen LogP contribution in [0.25, 0.3) is 0 Å².